The molecule has 0 atom stereocenters. The lowest BCUT2D eigenvalue weighted by molar-refractivity contribution is 0.281. The summed E-state index contributed by atoms with van der Waals surface area (Å²) in [6, 6.07) is 16.3. The Bertz CT molecular complexity index is 751. The molecule has 30 heavy (non-hydrogen) atoms. The van der Waals surface area contributed by atoms with Gasteiger partial charge in [0.15, 0.2) is 5.96 Å². The number of hydrogen-bond acceptors (Lipinski definition) is 4. The van der Waals surface area contributed by atoms with Crippen molar-refractivity contribution in [1.82, 2.24) is 15.5 Å². The fourth-order valence-corrected chi connectivity index (χ4v) is 2.91. The van der Waals surface area contributed by atoms with Crippen molar-refractivity contribution in [2.75, 3.05) is 47.9 Å². The summed E-state index contributed by atoms with van der Waals surface area (Å²) in [5, 5.41) is 6.70. The molecule has 0 aliphatic rings. The van der Waals surface area contributed by atoms with Crippen LogP contribution in [0.5, 0.6) is 11.5 Å². The SMILES string of the molecule is CN=C(NCCc1ccccc1OC)NCc1ccc(OCCCN(C)C)cc1.I. The molecule has 0 aliphatic heterocycles. The highest BCUT2D eigenvalue weighted by Gasteiger charge is 2.03. The van der Waals surface area contributed by atoms with Gasteiger partial charge < -0.3 is 25.0 Å². The fraction of sp³-hybridized carbons (Fsp3) is 0.435. The van der Waals surface area contributed by atoms with Crippen LogP contribution < -0.4 is 20.1 Å². The molecule has 0 heterocycles. The minimum Gasteiger partial charge on any atom is -0.496 e. The van der Waals surface area contributed by atoms with Gasteiger partial charge in [-0.25, -0.2) is 0 Å². The van der Waals surface area contributed by atoms with Crippen LogP contribution in [0.15, 0.2) is 53.5 Å². The predicted octanol–water partition coefficient (Wildman–Crippen LogP) is 3.55. The first-order valence-corrected chi connectivity index (χ1v) is 10.0. The van der Waals surface area contributed by atoms with Crippen LogP contribution in [0.25, 0.3) is 0 Å². The maximum atomic E-state index is 5.78. The van der Waals surface area contributed by atoms with Crippen LogP contribution in [-0.4, -0.2) is 58.8 Å². The first kappa shape index (κ1) is 26.0. The molecule has 0 saturated carbocycles. The quantitative estimate of drug-likeness (QED) is 0.203. The van der Waals surface area contributed by atoms with Crippen LogP contribution in [0.2, 0.25) is 0 Å². The van der Waals surface area contributed by atoms with Crippen molar-refractivity contribution in [2.24, 2.45) is 4.99 Å². The molecular formula is C23H35IN4O2. The van der Waals surface area contributed by atoms with Gasteiger partial charge in [0.2, 0.25) is 0 Å². The van der Waals surface area contributed by atoms with Crippen LogP contribution in [0, 0.1) is 0 Å². The Hall–Kier alpha value is -2.00. The molecule has 2 aromatic carbocycles. The van der Waals surface area contributed by atoms with Gasteiger partial charge in [-0.05, 0) is 56.3 Å². The zero-order valence-electron chi connectivity index (χ0n) is 18.5. The summed E-state index contributed by atoms with van der Waals surface area (Å²) in [5.74, 6) is 2.61. The molecule has 0 aliphatic carbocycles. The van der Waals surface area contributed by atoms with Gasteiger partial charge >= 0.3 is 0 Å². The fourth-order valence-electron chi connectivity index (χ4n) is 2.91. The summed E-state index contributed by atoms with van der Waals surface area (Å²) < 4.78 is 11.2. The van der Waals surface area contributed by atoms with Gasteiger partial charge in [0, 0.05) is 26.7 Å². The number of rotatable bonds is 11. The number of para-hydroxylation sites is 1. The average Bonchev–Trinajstić information content (AvgIpc) is 2.74. The van der Waals surface area contributed by atoms with Crippen molar-refractivity contribution in [2.45, 2.75) is 19.4 Å². The smallest absolute Gasteiger partial charge is 0.191 e. The third-order valence-corrected chi connectivity index (χ3v) is 4.50. The second-order valence-corrected chi connectivity index (χ2v) is 7.06. The van der Waals surface area contributed by atoms with Crippen molar-refractivity contribution in [3.63, 3.8) is 0 Å². The summed E-state index contributed by atoms with van der Waals surface area (Å²) >= 11 is 0. The Labute approximate surface area is 198 Å². The number of ether oxygens (including phenoxy) is 2. The molecule has 7 heteroatoms. The van der Waals surface area contributed by atoms with E-state index in [2.05, 4.69) is 52.8 Å². The van der Waals surface area contributed by atoms with Gasteiger partial charge in [-0.1, -0.05) is 30.3 Å². The van der Waals surface area contributed by atoms with Crippen molar-refractivity contribution in [3.05, 3.63) is 59.7 Å². The van der Waals surface area contributed by atoms with E-state index in [4.69, 9.17) is 9.47 Å². The van der Waals surface area contributed by atoms with Crippen LogP contribution in [0.3, 0.4) is 0 Å². The van der Waals surface area contributed by atoms with E-state index in [-0.39, 0.29) is 24.0 Å². The predicted molar refractivity (Wildman–Crippen MR) is 135 cm³/mol. The highest BCUT2D eigenvalue weighted by Crippen LogP contribution is 2.17. The molecule has 0 fully saturated rings. The molecule has 0 spiro atoms. The number of methoxy groups -OCH3 is 1. The van der Waals surface area contributed by atoms with E-state index in [1.54, 1.807) is 14.2 Å². The molecule has 0 amide bonds. The van der Waals surface area contributed by atoms with E-state index in [0.717, 1.165) is 50.0 Å². The zero-order chi connectivity index (χ0) is 20.9. The highest BCUT2D eigenvalue weighted by molar-refractivity contribution is 14.0. The summed E-state index contributed by atoms with van der Waals surface area (Å²) in [6.45, 7) is 3.25. The lowest BCUT2D eigenvalue weighted by atomic mass is 10.1. The highest BCUT2D eigenvalue weighted by atomic mass is 127. The number of nitrogens with one attached hydrogen (secondary N) is 2. The topological polar surface area (TPSA) is 58.1 Å². The van der Waals surface area contributed by atoms with Gasteiger partial charge in [0.25, 0.3) is 0 Å². The molecule has 2 aromatic rings. The van der Waals surface area contributed by atoms with E-state index in [0.29, 0.717) is 6.54 Å². The molecule has 0 saturated heterocycles. The summed E-state index contributed by atoms with van der Waals surface area (Å²) in [7, 11) is 7.63. The molecule has 0 bridgehead atoms. The van der Waals surface area contributed by atoms with E-state index < -0.39 is 0 Å². The maximum absolute atomic E-state index is 5.78. The van der Waals surface area contributed by atoms with Gasteiger partial charge in [-0.15, -0.1) is 24.0 Å². The number of guanidine groups is 1. The second kappa shape index (κ2) is 14.9. The molecule has 2 N–H and O–H groups in total. The molecule has 6 nitrogen and oxygen atoms in total. The summed E-state index contributed by atoms with van der Waals surface area (Å²) in [6.07, 6.45) is 1.89. The summed E-state index contributed by atoms with van der Waals surface area (Å²) in [4.78, 5) is 6.46. The summed E-state index contributed by atoms with van der Waals surface area (Å²) in [5.41, 5.74) is 2.36. The lowest BCUT2D eigenvalue weighted by Gasteiger charge is -2.13. The average molecular weight is 526 g/mol. The normalized spacial score (nSPS) is 11.0. The van der Waals surface area contributed by atoms with Crippen molar-refractivity contribution in [3.8, 4) is 11.5 Å². The van der Waals surface area contributed by atoms with Gasteiger partial charge in [-0.3, -0.25) is 4.99 Å². The van der Waals surface area contributed by atoms with E-state index in [9.17, 15) is 0 Å². The van der Waals surface area contributed by atoms with Gasteiger partial charge in [0.1, 0.15) is 11.5 Å². The Morgan fingerprint density at radius 3 is 2.43 bits per heavy atom. The van der Waals surface area contributed by atoms with E-state index in [1.807, 2.05) is 30.3 Å². The van der Waals surface area contributed by atoms with Crippen LogP contribution >= 0.6 is 24.0 Å². The molecular weight excluding hydrogens is 491 g/mol. The standard InChI is InChI=1S/C23H34N4O2.HI/c1-24-23(25-15-14-20-8-5-6-9-22(20)28-4)26-18-19-10-12-21(13-11-19)29-17-7-16-27(2)3;/h5-6,8-13H,7,14-18H2,1-4H3,(H2,24,25,26);1H. The Morgan fingerprint density at radius 1 is 1.03 bits per heavy atom. The monoisotopic (exact) mass is 526 g/mol. The molecule has 166 valence electrons. The van der Waals surface area contributed by atoms with Crippen molar-refractivity contribution in [1.29, 1.82) is 0 Å². The Morgan fingerprint density at radius 2 is 1.77 bits per heavy atom. The third-order valence-electron chi connectivity index (χ3n) is 4.50. The third kappa shape index (κ3) is 9.67. The van der Waals surface area contributed by atoms with E-state index >= 15 is 0 Å². The van der Waals surface area contributed by atoms with Crippen molar-refractivity contribution >= 4 is 29.9 Å². The van der Waals surface area contributed by atoms with Crippen molar-refractivity contribution < 1.29 is 9.47 Å². The van der Waals surface area contributed by atoms with Gasteiger partial charge in [0.05, 0.1) is 13.7 Å². The van der Waals surface area contributed by atoms with Gasteiger partial charge in [-0.2, -0.15) is 0 Å². The Balaban J connectivity index is 0.00000450. The first-order valence-electron chi connectivity index (χ1n) is 10.0. The molecule has 0 unspecified atom stereocenters. The van der Waals surface area contributed by atoms with Crippen LogP contribution in [-0.2, 0) is 13.0 Å². The maximum Gasteiger partial charge on any atom is 0.191 e. The number of nitrogens with zero attached hydrogens (tertiary/aromatic N) is 2. The molecule has 0 aromatic heterocycles. The number of aliphatic imine (C=N–C) groups is 1. The molecule has 0 radical (unpaired) electrons. The Kier molecular flexibility index (Phi) is 12.9. The number of halogens is 1. The number of hydrogen-bond donors (Lipinski definition) is 2. The lowest BCUT2D eigenvalue weighted by Crippen LogP contribution is -2.37. The molecule has 2 rings (SSSR count). The van der Waals surface area contributed by atoms with Crippen LogP contribution in [0.4, 0.5) is 0 Å². The van der Waals surface area contributed by atoms with Crippen LogP contribution in [0.1, 0.15) is 17.5 Å². The first-order chi connectivity index (χ1) is 14.1. The largest absolute Gasteiger partial charge is 0.496 e. The minimum absolute atomic E-state index is 0. The zero-order valence-corrected chi connectivity index (χ0v) is 20.8. The second-order valence-electron chi connectivity index (χ2n) is 7.06. The van der Waals surface area contributed by atoms with E-state index in [1.165, 1.54) is 11.1 Å². The minimum atomic E-state index is 0. The number of benzene rings is 2.